The Balaban J connectivity index is 1.70. The lowest BCUT2D eigenvalue weighted by molar-refractivity contribution is 0.141. The molecule has 3 aliphatic rings. The Hall–Kier alpha value is -2.36. The summed E-state index contributed by atoms with van der Waals surface area (Å²) in [6.07, 6.45) is 7.96. The van der Waals surface area contributed by atoms with Crippen LogP contribution in [0.15, 0.2) is 53.1 Å². The summed E-state index contributed by atoms with van der Waals surface area (Å²) < 4.78 is 5.08. The van der Waals surface area contributed by atoms with Crippen molar-refractivity contribution >= 4 is 17.5 Å². The van der Waals surface area contributed by atoms with Gasteiger partial charge in [-0.2, -0.15) is 0 Å². The number of aliphatic imine (C=N–C) groups is 1. The summed E-state index contributed by atoms with van der Waals surface area (Å²) in [7, 11) is 0. The highest BCUT2D eigenvalue weighted by molar-refractivity contribution is 6.05. The van der Waals surface area contributed by atoms with E-state index in [0.717, 1.165) is 24.2 Å². The number of carbonyl (C=O) groups is 1. The van der Waals surface area contributed by atoms with Crippen molar-refractivity contribution in [3.05, 3.63) is 53.6 Å². The largest absolute Gasteiger partial charge is 0.450 e. The Morgan fingerprint density at radius 1 is 1.35 bits per heavy atom. The van der Waals surface area contributed by atoms with Gasteiger partial charge < -0.3 is 10.1 Å². The van der Waals surface area contributed by atoms with Crippen molar-refractivity contribution in [2.75, 3.05) is 6.61 Å². The van der Waals surface area contributed by atoms with Crippen LogP contribution in [0.5, 0.6) is 0 Å². The van der Waals surface area contributed by atoms with Crippen LogP contribution in [-0.4, -0.2) is 24.5 Å². The van der Waals surface area contributed by atoms with Gasteiger partial charge in [-0.15, -0.1) is 0 Å². The molecule has 1 aliphatic heterocycles. The number of fused-ring (bicyclic) bond motifs is 1. The normalized spacial score (nSPS) is 27.3. The van der Waals surface area contributed by atoms with Crippen LogP contribution in [0.2, 0.25) is 0 Å². The molecule has 4 rings (SSSR count). The minimum atomic E-state index is -0.323. The molecule has 118 valence electrons. The van der Waals surface area contributed by atoms with Crippen LogP contribution in [0, 0.1) is 11.8 Å². The Kier molecular flexibility index (Phi) is 3.52. The Morgan fingerprint density at radius 3 is 3.09 bits per heavy atom. The van der Waals surface area contributed by atoms with E-state index in [1.807, 2.05) is 13.0 Å². The van der Waals surface area contributed by atoms with Crippen LogP contribution in [0.4, 0.5) is 10.5 Å². The molecule has 1 N–H and O–H groups in total. The molecule has 0 spiro atoms. The first kappa shape index (κ1) is 14.2. The van der Waals surface area contributed by atoms with Gasteiger partial charge in [0.2, 0.25) is 0 Å². The Bertz CT molecular complexity index is 733. The second-order valence-electron chi connectivity index (χ2n) is 6.26. The van der Waals surface area contributed by atoms with E-state index < -0.39 is 0 Å². The summed E-state index contributed by atoms with van der Waals surface area (Å²) in [4.78, 5) is 16.8. The van der Waals surface area contributed by atoms with Gasteiger partial charge in [0, 0.05) is 17.7 Å². The number of para-hydroxylation sites is 1. The van der Waals surface area contributed by atoms with Crippen molar-refractivity contribution in [2.24, 2.45) is 16.8 Å². The maximum absolute atomic E-state index is 11.9. The number of hydrogen-bond donors (Lipinski definition) is 1. The highest BCUT2D eigenvalue weighted by Crippen LogP contribution is 2.43. The molecule has 0 saturated carbocycles. The van der Waals surface area contributed by atoms with Crippen LogP contribution < -0.4 is 5.32 Å². The molecule has 0 bridgehead atoms. The summed E-state index contributed by atoms with van der Waals surface area (Å²) in [5.41, 5.74) is 4.76. The zero-order chi connectivity index (χ0) is 15.8. The van der Waals surface area contributed by atoms with Gasteiger partial charge in [0.1, 0.15) is 0 Å². The third kappa shape index (κ3) is 2.48. The van der Waals surface area contributed by atoms with Gasteiger partial charge in [-0.1, -0.05) is 30.4 Å². The summed E-state index contributed by atoms with van der Waals surface area (Å²) in [6.45, 7) is 2.22. The van der Waals surface area contributed by atoms with Crippen LogP contribution in [-0.2, 0) is 11.2 Å². The van der Waals surface area contributed by atoms with E-state index in [2.05, 4.69) is 41.7 Å². The van der Waals surface area contributed by atoms with E-state index in [1.165, 1.54) is 11.1 Å². The molecule has 4 heteroatoms. The number of rotatable bonds is 2. The third-order valence-corrected chi connectivity index (χ3v) is 4.95. The summed E-state index contributed by atoms with van der Waals surface area (Å²) >= 11 is 0. The minimum absolute atomic E-state index is 0.0825. The lowest BCUT2D eigenvalue weighted by Crippen LogP contribution is -2.46. The van der Waals surface area contributed by atoms with Gasteiger partial charge in [0.05, 0.1) is 12.3 Å². The predicted molar refractivity (Wildman–Crippen MR) is 90.0 cm³/mol. The first-order valence-corrected chi connectivity index (χ1v) is 8.24. The molecule has 2 aliphatic carbocycles. The number of hydrogen-bond acceptors (Lipinski definition) is 3. The second-order valence-corrected chi connectivity index (χ2v) is 6.26. The quantitative estimate of drug-likeness (QED) is 0.908. The molecular weight excluding hydrogens is 288 g/mol. The van der Waals surface area contributed by atoms with Crippen molar-refractivity contribution in [2.45, 2.75) is 25.8 Å². The van der Waals surface area contributed by atoms with Crippen molar-refractivity contribution in [1.82, 2.24) is 5.32 Å². The fourth-order valence-corrected chi connectivity index (χ4v) is 3.93. The molecule has 1 aromatic rings. The van der Waals surface area contributed by atoms with Crippen molar-refractivity contribution in [3.63, 3.8) is 0 Å². The van der Waals surface area contributed by atoms with Crippen LogP contribution in [0.3, 0.4) is 0 Å². The van der Waals surface area contributed by atoms with Gasteiger partial charge in [-0.25, -0.2) is 4.79 Å². The van der Waals surface area contributed by atoms with Gasteiger partial charge in [0.25, 0.3) is 0 Å². The first-order chi connectivity index (χ1) is 11.3. The van der Waals surface area contributed by atoms with Gasteiger partial charge in [-0.3, -0.25) is 4.99 Å². The monoisotopic (exact) mass is 308 g/mol. The highest BCUT2D eigenvalue weighted by atomic mass is 16.5. The molecule has 1 unspecified atom stereocenters. The third-order valence-electron chi connectivity index (χ3n) is 4.95. The number of benzene rings is 1. The van der Waals surface area contributed by atoms with Crippen molar-refractivity contribution < 1.29 is 9.53 Å². The fraction of sp³-hybridized carbons (Fsp3) is 0.368. The second kappa shape index (κ2) is 5.69. The molecule has 1 heterocycles. The van der Waals surface area contributed by atoms with Gasteiger partial charge in [-0.05, 0) is 49.0 Å². The van der Waals surface area contributed by atoms with Crippen molar-refractivity contribution in [3.8, 4) is 0 Å². The lowest BCUT2D eigenvalue weighted by atomic mass is 9.73. The van der Waals surface area contributed by atoms with E-state index in [9.17, 15) is 4.79 Å². The summed E-state index contributed by atoms with van der Waals surface area (Å²) in [6, 6.07) is 8.39. The molecule has 0 aromatic heterocycles. The highest BCUT2D eigenvalue weighted by Gasteiger charge is 2.41. The van der Waals surface area contributed by atoms with Gasteiger partial charge in [0.15, 0.2) is 0 Å². The number of ether oxygens (including phenoxy) is 1. The number of allylic oxidation sites excluding steroid dienone is 3. The Labute approximate surface area is 135 Å². The molecular formula is C19H20N2O2. The molecule has 23 heavy (non-hydrogen) atoms. The van der Waals surface area contributed by atoms with Crippen LogP contribution in [0.1, 0.15) is 18.9 Å². The molecule has 0 saturated heterocycles. The zero-order valence-corrected chi connectivity index (χ0v) is 13.2. The minimum Gasteiger partial charge on any atom is -0.450 e. The summed E-state index contributed by atoms with van der Waals surface area (Å²) in [5.74, 6) is 0.597. The maximum atomic E-state index is 11.9. The van der Waals surface area contributed by atoms with E-state index >= 15 is 0 Å². The average Bonchev–Trinajstić information content (AvgIpc) is 2.86. The van der Waals surface area contributed by atoms with Crippen LogP contribution >= 0.6 is 0 Å². The number of carbonyl (C=O) groups excluding carboxylic acids is 1. The topological polar surface area (TPSA) is 50.7 Å². The van der Waals surface area contributed by atoms with E-state index in [4.69, 9.17) is 9.73 Å². The molecule has 4 nitrogen and oxygen atoms in total. The maximum Gasteiger partial charge on any atom is 0.407 e. The van der Waals surface area contributed by atoms with E-state index in [-0.39, 0.29) is 18.1 Å². The molecule has 1 amide bonds. The average molecular weight is 308 g/mol. The van der Waals surface area contributed by atoms with E-state index in [0.29, 0.717) is 12.5 Å². The predicted octanol–water partition coefficient (Wildman–Crippen LogP) is 3.56. The number of nitrogens with zero attached hydrogens (tertiary/aromatic N) is 1. The molecule has 0 fully saturated rings. The van der Waals surface area contributed by atoms with Gasteiger partial charge >= 0.3 is 6.09 Å². The van der Waals surface area contributed by atoms with E-state index in [1.54, 1.807) is 0 Å². The summed E-state index contributed by atoms with van der Waals surface area (Å²) in [5, 5.41) is 3.06. The SMILES string of the molecule is CCOC(=O)N[C@H]1CC=C2C=CC3=Nc4ccccc4C[C@@H]1C23. The molecule has 3 atom stereocenters. The lowest BCUT2D eigenvalue weighted by Gasteiger charge is -2.35. The smallest absolute Gasteiger partial charge is 0.407 e. The number of amides is 1. The first-order valence-electron chi connectivity index (χ1n) is 8.24. The Morgan fingerprint density at radius 2 is 2.22 bits per heavy atom. The number of alkyl carbamates (subject to hydrolysis) is 1. The molecule has 0 radical (unpaired) electrons. The fourth-order valence-electron chi connectivity index (χ4n) is 3.93. The van der Waals surface area contributed by atoms with Crippen LogP contribution in [0.25, 0.3) is 0 Å². The molecule has 1 aromatic carbocycles. The standard InChI is InChI=1S/C19H20N2O2/c1-2-23-19(22)21-16-9-7-12-8-10-17-18(12)14(16)11-13-5-3-4-6-15(13)20-17/h3-8,10,14,16,18H,2,9,11H2,1H3,(H,21,22)/t14-,16-,18?/m0/s1. The van der Waals surface area contributed by atoms with Crippen molar-refractivity contribution in [1.29, 1.82) is 0 Å². The number of nitrogens with one attached hydrogen (secondary N) is 1. The zero-order valence-electron chi connectivity index (χ0n) is 13.2.